The molecule has 0 saturated heterocycles. The van der Waals surface area contributed by atoms with E-state index in [1.165, 1.54) is 11.3 Å². The standard InChI is InChI=1S/C18H19NO4S/c20-17(15-10-22-13-4-1-2-5-14(13)23-15)19-11-18(21,12-7-8-12)16-6-3-9-24-16/h1-6,9,12,15,21H,7-8,10-11H2,(H,19,20)/t15-,18-/m0/s1. The Morgan fingerprint density at radius 3 is 2.75 bits per heavy atom. The maximum atomic E-state index is 12.4. The maximum Gasteiger partial charge on any atom is 0.264 e. The highest BCUT2D eigenvalue weighted by Crippen LogP contribution is 2.46. The van der Waals surface area contributed by atoms with Gasteiger partial charge in [0.2, 0.25) is 6.10 Å². The summed E-state index contributed by atoms with van der Waals surface area (Å²) >= 11 is 1.52. The number of para-hydroxylation sites is 2. The smallest absolute Gasteiger partial charge is 0.264 e. The third-order valence-corrected chi connectivity index (χ3v) is 5.57. The molecular weight excluding hydrogens is 326 g/mol. The van der Waals surface area contributed by atoms with Gasteiger partial charge in [-0.05, 0) is 42.3 Å². The Bertz CT molecular complexity index is 728. The van der Waals surface area contributed by atoms with E-state index in [2.05, 4.69) is 5.32 Å². The van der Waals surface area contributed by atoms with Crippen molar-refractivity contribution in [3.8, 4) is 11.5 Å². The Balaban J connectivity index is 1.41. The van der Waals surface area contributed by atoms with Crippen LogP contribution in [0.2, 0.25) is 0 Å². The molecule has 0 radical (unpaired) electrons. The van der Waals surface area contributed by atoms with Crippen LogP contribution in [0.25, 0.3) is 0 Å². The maximum absolute atomic E-state index is 12.4. The van der Waals surface area contributed by atoms with Crippen molar-refractivity contribution < 1.29 is 19.4 Å². The summed E-state index contributed by atoms with van der Waals surface area (Å²) in [6.45, 7) is 0.363. The number of aliphatic hydroxyl groups is 1. The first-order valence-electron chi connectivity index (χ1n) is 8.09. The number of carbonyl (C=O) groups is 1. The van der Waals surface area contributed by atoms with Gasteiger partial charge in [0.1, 0.15) is 12.2 Å². The van der Waals surface area contributed by atoms with Gasteiger partial charge >= 0.3 is 0 Å². The quantitative estimate of drug-likeness (QED) is 0.873. The molecule has 0 spiro atoms. The normalized spacial score (nSPS) is 21.8. The monoisotopic (exact) mass is 345 g/mol. The van der Waals surface area contributed by atoms with E-state index in [1.54, 1.807) is 6.07 Å². The molecule has 1 saturated carbocycles. The first-order valence-corrected chi connectivity index (χ1v) is 8.97. The van der Waals surface area contributed by atoms with Gasteiger partial charge in [0.15, 0.2) is 11.5 Å². The molecule has 1 aliphatic heterocycles. The van der Waals surface area contributed by atoms with E-state index >= 15 is 0 Å². The summed E-state index contributed by atoms with van der Waals surface area (Å²) in [6.07, 6.45) is 1.27. The van der Waals surface area contributed by atoms with Crippen molar-refractivity contribution in [3.63, 3.8) is 0 Å². The molecule has 1 amide bonds. The van der Waals surface area contributed by atoms with Gasteiger partial charge in [0, 0.05) is 4.88 Å². The SMILES string of the molecule is O=C(NC[C@@](O)(c1cccs1)C1CC1)[C@@H]1COc2ccccc2O1. The molecule has 0 bridgehead atoms. The Hall–Kier alpha value is -2.05. The van der Waals surface area contributed by atoms with Crippen LogP contribution >= 0.6 is 11.3 Å². The van der Waals surface area contributed by atoms with Crippen LogP contribution in [0.4, 0.5) is 0 Å². The molecule has 6 heteroatoms. The fraction of sp³-hybridized carbons (Fsp3) is 0.389. The molecule has 2 heterocycles. The average Bonchev–Trinajstić information content (AvgIpc) is 3.34. The minimum absolute atomic E-state index is 0.170. The van der Waals surface area contributed by atoms with Gasteiger partial charge < -0.3 is 19.9 Å². The van der Waals surface area contributed by atoms with Gasteiger partial charge in [-0.3, -0.25) is 4.79 Å². The second kappa shape index (κ2) is 6.11. The van der Waals surface area contributed by atoms with Crippen molar-refractivity contribution in [1.29, 1.82) is 0 Å². The molecule has 1 aliphatic carbocycles. The highest BCUT2D eigenvalue weighted by atomic mass is 32.1. The molecule has 1 fully saturated rings. The first-order chi connectivity index (χ1) is 11.7. The first kappa shape index (κ1) is 15.5. The minimum Gasteiger partial charge on any atom is -0.485 e. The zero-order valence-corrected chi connectivity index (χ0v) is 13.9. The van der Waals surface area contributed by atoms with E-state index in [4.69, 9.17) is 9.47 Å². The van der Waals surface area contributed by atoms with E-state index in [0.717, 1.165) is 17.7 Å². The molecule has 1 aromatic heterocycles. The molecule has 5 nitrogen and oxygen atoms in total. The van der Waals surface area contributed by atoms with Crippen molar-refractivity contribution in [1.82, 2.24) is 5.32 Å². The zero-order chi connectivity index (χ0) is 16.6. The van der Waals surface area contributed by atoms with Crippen LogP contribution in [0.3, 0.4) is 0 Å². The number of hydrogen-bond donors (Lipinski definition) is 2. The van der Waals surface area contributed by atoms with Gasteiger partial charge in [-0.1, -0.05) is 18.2 Å². The van der Waals surface area contributed by atoms with Gasteiger partial charge in [-0.2, -0.15) is 0 Å². The van der Waals surface area contributed by atoms with Crippen LogP contribution in [-0.4, -0.2) is 30.3 Å². The van der Waals surface area contributed by atoms with Crippen molar-refractivity contribution in [3.05, 3.63) is 46.7 Å². The lowest BCUT2D eigenvalue weighted by molar-refractivity contribution is -0.132. The lowest BCUT2D eigenvalue weighted by Crippen LogP contribution is -2.49. The summed E-state index contributed by atoms with van der Waals surface area (Å²) in [5.41, 5.74) is -0.989. The molecule has 0 unspecified atom stereocenters. The summed E-state index contributed by atoms with van der Waals surface area (Å²) in [4.78, 5) is 13.3. The Labute approximate surface area is 144 Å². The number of benzene rings is 1. The molecule has 126 valence electrons. The summed E-state index contributed by atoms with van der Waals surface area (Å²) in [7, 11) is 0. The Morgan fingerprint density at radius 2 is 2.04 bits per heavy atom. The van der Waals surface area contributed by atoms with Crippen LogP contribution < -0.4 is 14.8 Å². The lowest BCUT2D eigenvalue weighted by atomic mass is 9.95. The lowest BCUT2D eigenvalue weighted by Gasteiger charge is -2.30. The number of fused-ring (bicyclic) bond motifs is 1. The number of nitrogens with one attached hydrogen (secondary N) is 1. The van der Waals surface area contributed by atoms with Crippen molar-refractivity contribution in [2.45, 2.75) is 24.5 Å². The molecule has 2 aliphatic rings. The highest BCUT2D eigenvalue weighted by Gasteiger charge is 2.46. The van der Waals surface area contributed by atoms with Gasteiger partial charge in [-0.15, -0.1) is 11.3 Å². The molecule has 24 heavy (non-hydrogen) atoms. The van der Waals surface area contributed by atoms with Gasteiger partial charge in [-0.25, -0.2) is 0 Å². The number of carbonyl (C=O) groups excluding carboxylic acids is 1. The molecular formula is C18H19NO4S. The van der Waals surface area contributed by atoms with E-state index in [0.29, 0.717) is 11.5 Å². The highest BCUT2D eigenvalue weighted by molar-refractivity contribution is 7.10. The Kier molecular flexibility index (Phi) is 3.94. The Morgan fingerprint density at radius 1 is 1.25 bits per heavy atom. The fourth-order valence-corrected chi connectivity index (χ4v) is 3.91. The summed E-state index contributed by atoms with van der Waals surface area (Å²) < 4.78 is 11.3. The average molecular weight is 345 g/mol. The minimum atomic E-state index is -0.989. The number of ether oxygens (including phenoxy) is 2. The van der Waals surface area contributed by atoms with E-state index in [1.807, 2.05) is 35.7 Å². The van der Waals surface area contributed by atoms with Crippen molar-refractivity contribution >= 4 is 17.2 Å². The number of amides is 1. The van der Waals surface area contributed by atoms with Crippen LogP contribution in [0, 0.1) is 5.92 Å². The summed E-state index contributed by atoms with van der Waals surface area (Å²) in [5.74, 6) is 1.16. The van der Waals surface area contributed by atoms with E-state index in [9.17, 15) is 9.90 Å². The van der Waals surface area contributed by atoms with Crippen molar-refractivity contribution in [2.75, 3.05) is 13.2 Å². The third kappa shape index (κ3) is 2.87. The topological polar surface area (TPSA) is 67.8 Å². The second-order valence-electron chi connectivity index (χ2n) is 6.26. The number of thiophene rings is 1. The van der Waals surface area contributed by atoms with Crippen molar-refractivity contribution in [2.24, 2.45) is 5.92 Å². The van der Waals surface area contributed by atoms with E-state index < -0.39 is 11.7 Å². The van der Waals surface area contributed by atoms with Gasteiger partial charge in [0.05, 0.1) is 6.54 Å². The predicted molar refractivity (Wildman–Crippen MR) is 90.3 cm³/mol. The molecule has 4 rings (SSSR count). The second-order valence-corrected chi connectivity index (χ2v) is 7.21. The van der Waals surface area contributed by atoms with Crippen LogP contribution in [0.15, 0.2) is 41.8 Å². The van der Waals surface area contributed by atoms with Crippen LogP contribution in [-0.2, 0) is 10.4 Å². The fourth-order valence-electron chi connectivity index (χ4n) is 3.00. The molecule has 2 atom stereocenters. The molecule has 1 aromatic carbocycles. The third-order valence-electron chi connectivity index (χ3n) is 4.53. The largest absolute Gasteiger partial charge is 0.485 e. The van der Waals surface area contributed by atoms with Crippen LogP contribution in [0.5, 0.6) is 11.5 Å². The molecule has 2 aromatic rings. The van der Waals surface area contributed by atoms with Gasteiger partial charge in [0.25, 0.3) is 5.91 Å². The zero-order valence-electron chi connectivity index (χ0n) is 13.1. The summed E-state index contributed by atoms with van der Waals surface area (Å²) in [5, 5.41) is 15.8. The predicted octanol–water partition coefficient (Wildman–Crippen LogP) is 2.30. The molecule has 2 N–H and O–H groups in total. The number of rotatable bonds is 5. The number of hydrogen-bond acceptors (Lipinski definition) is 5. The van der Waals surface area contributed by atoms with E-state index in [-0.39, 0.29) is 25.0 Å². The summed E-state index contributed by atoms with van der Waals surface area (Å²) in [6, 6.07) is 11.1. The van der Waals surface area contributed by atoms with Crippen LogP contribution in [0.1, 0.15) is 17.7 Å².